The summed E-state index contributed by atoms with van der Waals surface area (Å²) in [4.78, 5) is 0. The van der Waals surface area contributed by atoms with Crippen LogP contribution in [0.15, 0.2) is 30.0 Å². The summed E-state index contributed by atoms with van der Waals surface area (Å²) in [6.07, 6.45) is 1.48. The second kappa shape index (κ2) is 2.64. The van der Waals surface area contributed by atoms with Crippen LogP contribution in [0.4, 0.5) is 0 Å². The van der Waals surface area contributed by atoms with Gasteiger partial charge in [0.25, 0.3) is 0 Å². The Bertz CT molecular complexity index is 330. The fraction of sp³-hybridized carbons (Fsp3) is 0.200. The second-order valence-electron chi connectivity index (χ2n) is 3.00. The molecule has 0 radical (unpaired) electrons. The number of hydrogen-bond donors (Lipinski definition) is 2. The zero-order valence-corrected chi connectivity index (χ0v) is 6.91. The summed E-state index contributed by atoms with van der Waals surface area (Å²) in [6, 6.07) is 7.83. The third kappa shape index (κ3) is 1.10. The van der Waals surface area contributed by atoms with Crippen LogP contribution in [0.25, 0.3) is 6.08 Å². The van der Waals surface area contributed by atoms with Crippen molar-refractivity contribution in [1.29, 1.82) is 0 Å². The molecule has 12 heavy (non-hydrogen) atoms. The van der Waals surface area contributed by atoms with E-state index >= 15 is 0 Å². The lowest BCUT2D eigenvalue weighted by Gasteiger charge is -2.21. The average Bonchev–Trinajstić information content (AvgIpc) is 2.04. The second-order valence-corrected chi connectivity index (χ2v) is 3.00. The molecule has 2 N–H and O–H groups in total. The van der Waals surface area contributed by atoms with Gasteiger partial charge in [0.15, 0.2) is 6.23 Å². The van der Waals surface area contributed by atoms with Crippen LogP contribution < -0.4 is 5.32 Å². The summed E-state index contributed by atoms with van der Waals surface area (Å²) in [5, 5.41) is 12.5. The van der Waals surface area contributed by atoms with Gasteiger partial charge in [-0.05, 0) is 18.6 Å². The van der Waals surface area contributed by atoms with E-state index in [-0.39, 0.29) is 0 Å². The number of aliphatic hydroxyl groups is 1. The van der Waals surface area contributed by atoms with Gasteiger partial charge in [0.1, 0.15) is 0 Å². The van der Waals surface area contributed by atoms with Gasteiger partial charge < -0.3 is 10.4 Å². The Kier molecular flexibility index (Phi) is 1.62. The van der Waals surface area contributed by atoms with Crippen LogP contribution in [0, 0.1) is 0 Å². The van der Waals surface area contributed by atoms with E-state index < -0.39 is 6.23 Å². The molecule has 0 aromatic heterocycles. The summed E-state index contributed by atoms with van der Waals surface area (Å²) in [5.74, 6) is 0. The van der Waals surface area contributed by atoms with Crippen molar-refractivity contribution in [3.05, 3.63) is 41.1 Å². The predicted molar refractivity (Wildman–Crippen MR) is 48.2 cm³/mol. The summed E-state index contributed by atoms with van der Waals surface area (Å²) in [5.41, 5.74) is 3.05. The van der Waals surface area contributed by atoms with E-state index in [4.69, 9.17) is 0 Å². The Hall–Kier alpha value is -1.28. The number of hydrogen-bond acceptors (Lipinski definition) is 2. The van der Waals surface area contributed by atoms with Crippen molar-refractivity contribution in [3.8, 4) is 0 Å². The van der Waals surface area contributed by atoms with E-state index in [1.54, 1.807) is 0 Å². The highest BCUT2D eigenvalue weighted by Gasteiger charge is 2.14. The molecular weight excluding hydrogens is 150 g/mol. The van der Waals surface area contributed by atoms with Gasteiger partial charge in [-0.3, -0.25) is 0 Å². The molecule has 2 nitrogen and oxygen atoms in total. The van der Waals surface area contributed by atoms with Gasteiger partial charge in [-0.1, -0.05) is 24.3 Å². The lowest BCUT2D eigenvalue weighted by molar-refractivity contribution is 0.150. The molecule has 0 aliphatic carbocycles. The number of allylic oxidation sites excluding steroid dienone is 1. The van der Waals surface area contributed by atoms with Gasteiger partial charge in [-0.15, -0.1) is 0 Å². The van der Waals surface area contributed by atoms with E-state index in [1.165, 1.54) is 0 Å². The van der Waals surface area contributed by atoms with Crippen molar-refractivity contribution in [2.75, 3.05) is 0 Å². The summed E-state index contributed by atoms with van der Waals surface area (Å²) < 4.78 is 0. The van der Waals surface area contributed by atoms with Gasteiger partial charge in [0.2, 0.25) is 0 Å². The molecule has 0 fully saturated rings. The summed E-state index contributed by atoms with van der Waals surface area (Å²) >= 11 is 0. The molecule has 1 atom stereocenters. The number of benzene rings is 1. The maximum atomic E-state index is 9.58. The highest BCUT2D eigenvalue weighted by Crippen LogP contribution is 2.23. The van der Waals surface area contributed by atoms with Crippen molar-refractivity contribution < 1.29 is 5.11 Å². The normalized spacial score (nSPS) is 20.8. The van der Waals surface area contributed by atoms with Crippen LogP contribution in [0.1, 0.15) is 24.3 Å². The Morgan fingerprint density at radius 1 is 1.33 bits per heavy atom. The molecule has 0 saturated carbocycles. The highest BCUT2D eigenvalue weighted by molar-refractivity contribution is 5.58. The summed E-state index contributed by atoms with van der Waals surface area (Å²) in [7, 11) is 0. The first-order valence-corrected chi connectivity index (χ1v) is 3.99. The van der Waals surface area contributed by atoms with E-state index in [1.807, 2.05) is 37.3 Å². The van der Waals surface area contributed by atoms with Crippen LogP contribution in [0.2, 0.25) is 0 Å². The number of fused-ring (bicyclic) bond motifs is 1. The molecule has 2 rings (SSSR count). The molecule has 0 bridgehead atoms. The molecule has 2 heteroatoms. The van der Waals surface area contributed by atoms with Crippen LogP contribution >= 0.6 is 0 Å². The molecule has 1 aromatic rings. The molecule has 1 heterocycles. The summed E-state index contributed by atoms with van der Waals surface area (Å²) in [6.45, 7) is 1.94. The number of rotatable bonds is 0. The lowest BCUT2D eigenvalue weighted by atomic mass is 10.0. The van der Waals surface area contributed by atoms with Crippen molar-refractivity contribution in [2.45, 2.75) is 13.2 Å². The fourth-order valence-electron chi connectivity index (χ4n) is 1.46. The standard InChI is InChI=1S/C10H11NO/c1-7-6-8-4-2-3-5-9(8)10(12)11-7/h2-6,10-12H,1H3. The number of nitrogens with one attached hydrogen (secondary N) is 1. The van der Waals surface area contributed by atoms with Crippen LogP contribution in [0.3, 0.4) is 0 Å². The minimum atomic E-state index is -0.550. The predicted octanol–water partition coefficient (Wildman–Crippen LogP) is 1.64. The Morgan fingerprint density at radius 2 is 2.08 bits per heavy atom. The molecule has 1 aromatic carbocycles. The minimum absolute atomic E-state index is 0.550. The van der Waals surface area contributed by atoms with Gasteiger partial charge in [0.05, 0.1) is 0 Å². The SMILES string of the molecule is CC1=Cc2ccccc2C(O)N1. The molecule has 1 aliphatic rings. The molecule has 1 aliphatic heterocycles. The van der Waals surface area contributed by atoms with E-state index in [0.717, 1.165) is 16.8 Å². The van der Waals surface area contributed by atoms with E-state index in [2.05, 4.69) is 5.32 Å². The lowest BCUT2D eigenvalue weighted by Crippen LogP contribution is -2.22. The molecular formula is C10H11NO. The minimum Gasteiger partial charge on any atom is -0.369 e. The topological polar surface area (TPSA) is 32.3 Å². The highest BCUT2D eigenvalue weighted by atomic mass is 16.3. The van der Waals surface area contributed by atoms with Gasteiger partial charge in [-0.25, -0.2) is 0 Å². The fourth-order valence-corrected chi connectivity index (χ4v) is 1.46. The average molecular weight is 161 g/mol. The smallest absolute Gasteiger partial charge is 0.151 e. The van der Waals surface area contributed by atoms with Crippen molar-refractivity contribution in [1.82, 2.24) is 5.32 Å². The molecule has 0 spiro atoms. The van der Waals surface area contributed by atoms with Crippen LogP contribution in [-0.2, 0) is 0 Å². The zero-order valence-electron chi connectivity index (χ0n) is 6.91. The largest absolute Gasteiger partial charge is 0.369 e. The maximum absolute atomic E-state index is 9.58. The molecule has 0 saturated heterocycles. The van der Waals surface area contributed by atoms with Crippen LogP contribution in [-0.4, -0.2) is 5.11 Å². The Balaban J connectivity index is 2.55. The number of aliphatic hydroxyl groups excluding tert-OH is 1. The third-order valence-electron chi connectivity index (χ3n) is 2.03. The third-order valence-corrected chi connectivity index (χ3v) is 2.03. The molecule has 1 unspecified atom stereocenters. The van der Waals surface area contributed by atoms with E-state index in [0.29, 0.717) is 0 Å². The Labute approximate surface area is 71.5 Å². The van der Waals surface area contributed by atoms with Crippen molar-refractivity contribution >= 4 is 6.08 Å². The first-order chi connectivity index (χ1) is 5.77. The molecule has 62 valence electrons. The monoisotopic (exact) mass is 161 g/mol. The first kappa shape index (κ1) is 7.37. The maximum Gasteiger partial charge on any atom is 0.151 e. The van der Waals surface area contributed by atoms with Crippen LogP contribution in [0.5, 0.6) is 0 Å². The first-order valence-electron chi connectivity index (χ1n) is 3.99. The van der Waals surface area contributed by atoms with Gasteiger partial charge in [-0.2, -0.15) is 0 Å². The van der Waals surface area contributed by atoms with Crippen molar-refractivity contribution in [2.24, 2.45) is 0 Å². The van der Waals surface area contributed by atoms with Gasteiger partial charge in [0, 0.05) is 11.3 Å². The molecule has 0 amide bonds. The van der Waals surface area contributed by atoms with E-state index in [9.17, 15) is 5.11 Å². The van der Waals surface area contributed by atoms with Gasteiger partial charge >= 0.3 is 0 Å². The Morgan fingerprint density at radius 3 is 2.92 bits per heavy atom. The van der Waals surface area contributed by atoms with Crippen molar-refractivity contribution in [3.63, 3.8) is 0 Å². The zero-order chi connectivity index (χ0) is 8.55. The quantitative estimate of drug-likeness (QED) is 0.606.